The third-order valence-electron chi connectivity index (χ3n) is 1.57. The van der Waals surface area contributed by atoms with E-state index in [4.69, 9.17) is 15.0 Å². The first kappa shape index (κ1) is 17.2. The van der Waals surface area contributed by atoms with Crippen molar-refractivity contribution in [3.63, 3.8) is 0 Å². The molecule has 0 atom stereocenters. The van der Waals surface area contributed by atoms with Crippen molar-refractivity contribution in [2.75, 3.05) is 13.3 Å². The third kappa shape index (κ3) is 18.6. The van der Waals surface area contributed by atoms with Gasteiger partial charge < -0.3 is 10.2 Å². The average molecular weight is 232 g/mol. The SMILES string of the molecule is CC(=O)O.CC(C)=CCCC(=CCO)CF. The summed E-state index contributed by atoms with van der Waals surface area (Å²) in [4.78, 5) is 9.00. The van der Waals surface area contributed by atoms with Crippen LogP contribution >= 0.6 is 0 Å². The van der Waals surface area contributed by atoms with Crippen LogP contribution in [0.2, 0.25) is 0 Å². The maximum Gasteiger partial charge on any atom is 0.300 e. The zero-order chi connectivity index (χ0) is 13.0. The highest BCUT2D eigenvalue weighted by molar-refractivity contribution is 5.62. The van der Waals surface area contributed by atoms with E-state index in [2.05, 4.69) is 6.08 Å². The van der Waals surface area contributed by atoms with Gasteiger partial charge >= 0.3 is 0 Å². The number of carboxylic acids is 1. The van der Waals surface area contributed by atoms with Gasteiger partial charge in [-0.05, 0) is 32.3 Å². The fraction of sp³-hybridized carbons (Fsp3) is 0.583. The first-order chi connectivity index (χ1) is 7.43. The highest BCUT2D eigenvalue weighted by atomic mass is 19.1. The van der Waals surface area contributed by atoms with Crippen molar-refractivity contribution in [2.24, 2.45) is 0 Å². The zero-order valence-electron chi connectivity index (χ0n) is 10.2. The second-order valence-electron chi connectivity index (χ2n) is 3.52. The minimum atomic E-state index is -0.833. The lowest BCUT2D eigenvalue weighted by Crippen LogP contribution is -1.88. The average Bonchev–Trinajstić information content (AvgIpc) is 2.15. The van der Waals surface area contributed by atoms with Gasteiger partial charge in [-0.3, -0.25) is 4.79 Å². The molecular formula is C12H21FO3. The molecule has 94 valence electrons. The van der Waals surface area contributed by atoms with Crippen molar-refractivity contribution in [1.29, 1.82) is 0 Å². The standard InChI is InChI=1S/C10H17FO.C2H4O2/c1-9(2)4-3-5-10(8-11)6-7-12;1-2(3)4/h4,6,12H,3,5,7-8H2,1-2H3;1H3,(H,3,4). The number of halogens is 1. The molecule has 0 aliphatic heterocycles. The lowest BCUT2D eigenvalue weighted by molar-refractivity contribution is -0.134. The van der Waals surface area contributed by atoms with Crippen molar-refractivity contribution in [3.8, 4) is 0 Å². The van der Waals surface area contributed by atoms with Gasteiger partial charge in [0, 0.05) is 6.92 Å². The summed E-state index contributed by atoms with van der Waals surface area (Å²) in [5.74, 6) is -0.833. The minimum Gasteiger partial charge on any atom is -0.481 e. The Morgan fingerprint density at radius 3 is 2.06 bits per heavy atom. The van der Waals surface area contributed by atoms with E-state index in [-0.39, 0.29) is 6.61 Å². The molecule has 0 fully saturated rings. The summed E-state index contributed by atoms with van der Waals surface area (Å²) >= 11 is 0. The summed E-state index contributed by atoms with van der Waals surface area (Å²) < 4.78 is 12.2. The Balaban J connectivity index is 0. The molecule has 0 spiro atoms. The highest BCUT2D eigenvalue weighted by Crippen LogP contribution is 2.07. The molecule has 16 heavy (non-hydrogen) atoms. The Bertz CT molecular complexity index is 237. The fourth-order valence-corrected chi connectivity index (χ4v) is 0.899. The Kier molecular flexibility index (Phi) is 12.8. The Hall–Kier alpha value is -1.16. The van der Waals surface area contributed by atoms with E-state index < -0.39 is 12.6 Å². The molecule has 0 saturated carbocycles. The van der Waals surface area contributed by atoms with E-state index in [1.807, 2.05) is 13.8 Å². The van der Waals surface area contributed by atoms with Gasteiger partial charge in [-0.2, -0.15) is 0 Å². The Labute approximate surface area is 96.3 Å². The third-order valence-corrected chi connectivity index (χ3v) is 1.57. The van der Waals surface area contributed by atoms with Crippen LogP contribution in [0, 0.1) is 0 Å². The van der Waals surface area contributed by atoms with Crippen LogP contribution in [0.15, 0.2) is 23.3 Å². The lowest BCUT2D eigenvalue weighted by atomic mass is 10.1. The number of hydrogen-bond donors (Lipinski definition) is 2. The Morgan fingerprint density at radius 1 is 1.25 bits per heavy atom. The van der Waals surface area contributed by atoms with Crippen LogP contribution < -0.4 is 0 Å². The molecular weight excluding hydrogens is 211 g/mol. The van der Waals surface area contributed by atoms with Crippen LogP contribution in [0.3, 0.4) is 0 Å². The number of aliphatic hydroxyl groups is 1. The molecule has 0 radical (unpaired) electrons. The normalized spacial score (nSPS) is 10.2. The number of carboxylic acid groups (broad SMARTS) is 1. The predicted octanol–water partition coefficient (Wildman–Crippen LogP) is 2.71. The van der Waals surface area contributed by atoms with E-state index in [1.165, 1.54) is 5.57 Å². The van der Waals surface area contributed by atoms with Crippen molar-refractivity contribution >= 4 is 5.97 Å². The van der Waals surface area contributed by atoms with E-state index >= 15 is 0 Å². The Morgan fingerprint density at radius 2 is 1.75 bits per heavy atom. The van der Waals surface area contributed by atoms with Crippen molar-refractivity contribution in [2.45, 2.75) is 33.6 Å². The van der Waals surface area contributed by atoms with Gasteiger partial charge in [0.05, 0.1) is 6.61 Å². The molecule has 0 aromatic heterocycles. The fourth-order valence-electron chi connectivity index (χ4n) is 0.899. The number of allylic oxidation sites excluding steroid dienone is 3. The van der Waals surface area contributed by atoms with Crippen LogP contribution in [0.25, 0.3) is 0 Å². The quantitative estimate of drug-likeness (QED) is 0.716. The van der Waals surface area contributed by atoms with Gasteiger partial charge in [-0.25, -0.2) is 4.39 Å². The van der Waals surface area contributed by atoms with Crippen molar-refractivity contribution in [3.05, 3.63) is 23.3 Å². The molecule has 0 bridgehead atoms. The second-order valence-corrected chi connectivity index (χ2v) is 3.52. The van der Waals surface area contributed by atoms with Gasteiger partial charge in [0.2, 0.25) is 0 Å². The van der Waals surface area contributed by atoms with Gasteiger partial charge in [-0.15, -0.1) is 0 Å². The largest absolute Gasteiger partial charge is 0.481 e. The summed E-state index contributed by atoms with van der Waals surface area (Å²) in [5, 5.41) is 15.9. The monoisotopic (exact) mass is 232 g/mol. The summed E-state index contributed by atoms with van der Waals surface area (Å²) in [6.07, 6.45) is 5.18. The lowest BCUT2D eigenvalue weighted by Gasteiger charge is -1.99. The molecule has 0 amide bonds. The second kappa shape index (κ2) is 11.9. The molecule has 0 unspecified atom stereocenters. The van der Waals surface area contributed by atoms with Crippen LogP contribution in [-0.4, -0.2) is 29.5 Å². The molecule has 0 saturated heterocycles. The number of aliphatic hydroxyl groups excluding tert-OH is 1. The molecule has 0 aromatic rings. The van der Waals surface area contributed by atoms with E-state index in [0.29, 0.717) is 12.0 Å². The number of aliphatic carboxylic acids is 1. The molecule has 0 rings (SSSR count). The topological polar surface area (TPSA) is 57.5 Å². The molecule has 0 aromatic carbocycles. The van der Waals surface area contributed by atoms with Crippen molar-refractivity contribution in [1.82, 2.24) is 0 Å². The maximum atomic E-state index is 12.2. The molecule has 0 aliphatic rings. The number of rotatable bonds is 5. The van der Waals surface area contributed by atoms with Gasteiger partial charge in [0.25, 0.3) is 5.97 Å². The van der Waals surface area contributed by atoms with Gasteiger partial charge in [0.1, 0.15) is 6.67 Å². The van der Waals surface area contributed by atoms with Crippen LogP contribution in [0.4, 0.5) is 4.39 Å². The van der Waals surface area contributed by atoms with Crippen LogP contribution in [0.1, 0.15) is 33.6 Å². The summed E-state index contributed by atoms with van der Waals surface area (Å²) in [6.45, 7) is 4.61. The van der Waals surface area contributed by atoms with Crippen molar-refractivity contribution < 1.29 is 19.4 Å². The minimum absolute atomic E-state index is 0.0614. The summed E-state index contributed by atoms with van der Waals surface area (Å²) in [5.41, 5.74) is 1.94. The molecule has 0 heterocycles. The van der Waals surface area contributed by atoms with Crippen LogP contribution in [-0.2, 0) is 4.79 Å². The number of alkyl halides is 1. The molecule has 3 nitrogen and oxygen atoms in total. The van der Waals surface area contributed by atoms with Gasteiger partial charge in [0.15, 0.2) is 0 Å². The van der Waals surface area contributed by atoms with Gasteiger partial charge in [-0.1, -0.05) is 17.7 Å². The highest BCUT2D eigenvalue weighted by Gasteiger charge is 1.93. The summed E-state index contributed by atoms with van der Waals surface area (Å²) in [6, 6.07) is 0. The molecule has 4 heteroatoms. The first-order valence-electron chi connectivity index (χ1n) is 5.11. The van der Waals surface area contributed by atoms with E-state index in [1.54, 1.807) is 6.08 Å². The van der Waals surface area contributed by atoms with E-state index in [9.17, 15) is 4.39 Å². The summed E-state index contributed by atoms with van der Waals surface area (Å²) in [7, 11) is 0. The number of carbonyl (C=O) groups is 1. The molecule has 0 aliphatic carbocycles. The maximum absolute atomic E-state index is 12.2. The predicted molar refractivity (Wildman–Crippen MR) is 63.1 cm³/mol. The smallest absolute Gasteiger partial charge is 0.300 e. The van der Waals surface area contributed by atoms with Crippen LogP contribution in [0.5, 0.6) is 0 Å². The zero-order valence-corrected chi connectivity index (χ0v) is 10.2. The first-order valence-corrected chi connectivity index (χ1v) is 5.11. The number of hydrogen-bond acceptors (Lipinski definition) is 2. The molecule has 2 N–H and O–H groups in total. The van der Waals surface area contributed by atoms with E-state index in [0.717, 1.165) is 13.3 Å².